The molecule has 0 aliphatic heterocycles. The van der Waals surface area contributed by atoms with Crippen LogP contribution in [-0.2, 0) is 4.74 Å². The van der Waals surface area contributed by atoms with Crippen molar-refractivity contribution in [2.45, 2.75) is 52.6 Å². The minimum absolute atomic E-state index is 0.217. The molecule has 0 atom stereocenters. The Labute approximate surface area is 166 Å². The van der Waals surface area contributed by atoms with E-state index in [1.54, 1.807) is 56.3 Å². The number of hydrogen-bond acceptors (Lipinski definition) is 5. The van der Waals surface area contributed by atoms with Crippen LogP contribution in [0.25, 0.3) is 0 Å². The Kier molecular flexibility index (Phi) is 8.53. The number of rotatable bonds is 10. The molecule has 0 amide bonds. The number of esters is 2. The predicted molar refractivity (Wildman–Crippen MR) is 108 cm³/mol. The first kappa shape index (κ1) is 21.5. The second kappa shape index (κ2) is 11.1. The number of hydrogen-bond donors (Lipinski definition) is 0. The fourth-order valence-electron chi connectivity index (χ4n) is 2.54. The Morgan fingerprint density at radius 3 is 2.29 bits per heavy atom. The van der Waals surface area contributed by atoms with Gasteiger partial charge >= 0.3 is 11.9 Å². The summed E-state index contributed by atoms with van der Waals surface area (Å²) in [6, 6.07) is 13.2. The summed E-state index contributed by atoms with van der Waals surface area (Å²) in [6.07, 6.45) is 4.37. The molecule has 0 fully saturated rings. The molecule has 0 radical (unpaired) electrons. The average molecular weight is 384 g/mol. The van der Waals surface area contributed by atoms with E-state index in [-0.39, 0.29) is 6.10 Å². The van der Waals surface area contributed by atoms with Crippen LogP contribution in [-0.4, -0.2) is 24.6 Å². The molecule has 0 N–H and O–H groups in total. The third-order valence-electron chi connectivity index (χ3n) is 3.98. The van der Waals surface area contributed by atoms with Crippen molar-refractivity contribution < 1.29 is 23.8 Å². The molecule has 5 heteroatoms. The zero-order chi connectivity index (χ0) is 20.4. The molecule has 0 aromatic heterocycles. The van der Waals surface area contributed by atoms with E-state index < -0.39 is 11.9 Å². The molecule has 0 bridgehead atoms. The van der Waals surface area contributed by atoms with Gasteiger partial charge in [0, 0.05) is 0 Å². The van der Waals surface area contributed by atoms with Crippen LogP contribution in [0, 0.1) is 0 Å². The lowest BCUT2D eigenvalue weighted by Crippen LogP contribution is -2.12. The van der Waals surface area contributed by atoms with Crippen LogP contribution in [0.4, 0.5) is 0 Å². The molecule has 2 aromatic carbocycles. The lowest BCUT2D eigenvalue weighted by molar-refractivity contribution is 0.0376. The van der Waals surface area contributed by atoms with Gasteiger partial charge in [-0.3, -0.25) is 0 Å². The highest BCUT2D eigenvalue weighted by Crippen LogP contribution is 2.18. The fourth-order valence-corrected chi connectivity index (χ4v) is 2.54. The molecule has 0 unspecified atom stereocenters. The monoisotopic (exact) mass is 384 g/mol. The summed E-state index contributed by atoms with van der Waals surface area (Å²) in [6.45, 7) is 6.40. The van der Waals surface area contributed by atoms with Gasteiger partial charge in [-0.2, -0.15) is 0 Å². The Morgan fingerprint density at radius 1 is 0.857 bits per heavy atom. The first-order chi connectivity index (χ1) is 13.5. The van der Waals surface area contributed by atoms with Gasteiger partial charge in [0.2, 0.25) is 0 Å². The van der Waals surface area contributed by atoms with Gasteiger partial charge in [-0.15, -0.1) is 0 Å². The second-order valence-electron chi connectivity index (χ2n) is 6.80. The first-order valence-electron chi connectivity index (χ1n) is 9.75. The predicted octanol–water partition coefficient (Wildman–Crippen LogP) is 5.43. The van der Waals surface area contributed by atoms with Crippen LogP contribution >= 0.6 is 0 Å². The molecule has 0 saturated carbocycles. The largest absolute Gasteiger partial charge is 0.494 e. The van der Waals surface area contributed by atoms with E-state index in [2.05, 4.69) is 6.92 Å². The van der Waals surface area contributed by atoms with E-state index >= 15 is 0 Å². The van der Waals surface area contributed by atoms with Crippen molar-refractivity contribution in [2.75, 3.05) is 6.61 Å². The van der Waals surface area contributed by atoms with Crippen molar-refractivity contribution in [2.24, 2.45) is 0 Å². The van der Waals surface area contributed by atoms with Crippen molar-refractivity contribution in [3.8, 4) is 11.5 Å². The van der Waals surface area contributed by atoms with E-state index in [1.165, 1.54) is 18.9 Å². The second-order valence-corrected chi connectivity index (χ2v) is 6.80. The quantitative estimate of drug-likeness (QED) is 0.310. The summed E-state index contributed by atoms with van der Waals surface area (Å²) in [4.78, 5) is 24.3. The lowest BCUT2D eigenvalue weighted by atomic mass is 10.2. The van der Waals surface area contributed by atoms with Gasteiger partial charge < -0.3 is 14.2 Å². The van der Waals surface area contributed by atoms with Gasteiger partial charge in [-0.25, -0.2) is 9.59 Å². The van der Waals surface area contributed by atoms with E-state index in [0.29, 0.717) is 23.5 Å². The van der Waals surface area contributed by atoms with E-state index in [9.17, 15) is 9.59 Å². The third-order valence-corrected chi connectivity index (χ3v) is 3.98. The molecule has 2 aromatic rings. The average Bonchev–Trinajstić information content (AvgIpc) is 2.68. The summed E-state index contributed by atoms with van der Waals surface area (Å²) in [5, 5.41) is 0. The molecule has 5 nitrogen and oxygen atoms in total. The molecule has 0 heterocycles. The maximum atomic E-state index is 12.3. The molecular formula is C23H28O5. The molecule has 0 aliphatic carbocycles. The van der Waals surface area contributed by atoms with Gasteiger partial charge in [-0.1, -0.05) is 32.3 Å². The Balaban J connectivity index is 1.91. The van der Waals surface area contributed by atoms with Gasteiger partial charge in [0.25, 0.3) is 0 Å². The topological polar surface area (TPSA) is 61.8 Å². The normalized spacial score (nSPS) is 10.6. The molecule has 0 saturated heterocycles. The summed E-state index contributed by atoms with van der Waals surface area (Å²) in [7, 11) is 0. The molecule has 28 heavy (non-hydrogen) atoms. The summed E-state index contributed by atoms with van der Waals surface area (Å²) in [5.74, 6) is 0.0724. The van der Waals surface area contributed by atoms with E-state index in [1.807, 2.05) is 0 Å². The van der Waals surface area contributed by atoms with Crippen LogP contribution in [0.2, 0.25) is 0 Å². The SMILES string of the molecule is CCCCCCOc1ccc(C(=O)Oc2cccc(C(=O)OC(C)C)c2)cc1. The number of unbranched alkanes of at least 4 members (excludes halogenated alkanes) is 3. The highest BCUT2D eigenvalue weighted by molar-refractivity contribution is 5.92. The summed E-state index contributed by atoms with van der Waals surface area (Å²) >= 11 is 0. The molecule has 0 spiro atoms. The van der Waals surface area contributed by atoms with Crippen LogP contribution in [0.1, 0.15) is 67.2 Å². The highest BCUT2D eigenvalue weighted by Gasteiger charge is 2.13. The van der Waals surface area contributed by atoms with Gasteiger partial charge in [0.05, 0.1) is 23.8 Å². The number of carbonyl (C=O) groups is 2. The summed E-state index contributed by atoms with van der Waals surface area (Å²) in [5.41, 5.74) is 0.749. The van der Waals surface area contributed by atoms with E-state index in [4.69, 9.17) is 14.2 Å². The van der Waals surface area contributed by atoms with Crippen LogP contribution in [0.3, 0.4) is 0 Å². The Hall–Kier alpha value is -2.82. The third kappa shape index (κ3) is 7.06. The molecule has 150 valence electrons. The van der Waals surface area contributed by atoms with Crippen molar-refractivity contribution in [3.63, 3.8) is 0 Å². The van der Waals surface area contributed by atoms with Crippen molar-refractivity contribution >= 4 is 11.9 Å². The zero-order valence-corrected chi connectivity index (χ0v) is 16.8. The number of ether oxygens (including phenoxy) is 3. The van der Waals surface area contributed by atoms with Crippen LogP contribution in [0.5, 0.6) is 11.5 Å². The van der Waals surface area contributed by atoms with Gasteiger partial charge in [0.1, 0.15) is 11.5 Å². The van der Waals surface area contributed by atoms with Crippen molar-refractivity contribution in [1.82, 2.24) is 0 Å². The molecular weight excluding hydrogens is 356 g/mol. The maximum absolute atomic E-state index is 12.3. The van der Waals surface area contributed by atoms with Crippen molar-refractivity contribution in [3.05, 3.63) is 59.7 Å². The fraction of sp³-hybridized carbons (Fsp3) is 0.391. The van der Waals surface area contributed by atoms with Gasteiger partial charge in [-0.05, 0) is 62.7 Å². The lowest BCUT2D eigenvalue weighted by Gasteiger charge is -2.10. The maximum Gasteiger partial charge on any atom is 0.343 e. The van der Waals surface area contributed by atoms with E-state index in [0.717, 1.165) is 18.6 Å². The van der Waals surface area contributed by atoms with Crippen LogP contribution in [0.15, 0.2) is 48.5 Å². The Morgan fingerprint density at radius 2 is 1.61 bits per heavy atom. The summed E-state index contributed by atoms with van der Waals surface area (Å²) < 4.78 is 16.2. The molecule has 2 rings (SSSR count). The first-order valence-corrected chi connectivity index (χ1v) is 9.75. The Bertz CT molecular complexity index is 765. The van der Waals surface area contributed by atoms with Crippen LogP contribution < -0.4 is 9.47 Å². The minimum atomic E-state index is -0.496. The van der Waals surface area contributed by atoms with Gasteiger partial charge in [0.15, 0.2) is 0 Å². The van der Waals surface area contributed by atoms with Crippen molar-refractivity contribution in [1.29, 1.82) is 0 Å². The molecule has 0 aliphatic rings. The smallest absolute Gasteiger partial charge is 0.343 e. The highest BCUT2D eigenvalue weighted by atomic mass is 16.5. The minimum Gasteiger partial charge on any atom is -0.494 e. The standard InChI is InChI=1S/C23H28O5/c1-4-5-6-7-15-26-20-13-11-18(12-14-20)22(24)28-21-10-8-9-19(16-21)23(25)27-17(2)3/h8-14,16-17H,4-7,15H2,1-3H3. The zero-order valence-electron chi connectivity index (χ0n) is 16.8. The number of benzene rings is 2. The number of carbonyl (C=O) groups excluding carboxylic acids is 2.